The molecule has 1 aliphatic carbocycles. The summed E-state index contributed by atoms with van der Waals surface area (Å²) in [5.74, 6) is 0.958. The molecule has 26 heavy (non-hydrogen) atoms. The van der Waals surface area contributed by atoms with Crippen molar-refractivity contribution in [2.45, 2.75) is 57.0 Å². The lowest BCUT2D eigenvalue weighted by Crippen LogP contribution is -2.48. The average Bonchev–Trinajstić information content (AvgIpc) is 3.23. The van der Waals surface area contributed by atoms with Crippen molar-refractivity contribution in [3.8, 4) is 11.4 Å². The van der Waals surface area contributed by atoms with Crippen molar-refractivity contribution in [2.24, 2.45) is 5.73 Å². The van der Waals surface area contributed by atoms with E-state index in [1.165, 1.54) is 18.5 Å². The summed E-state index contributed by atoms with van der Waals surface area (Å²) < 4.78 is 2.31. The van der Waals surface area contributed by atoms with Crippen LogP contribution in [0.5, 0.6) is 0 Å². The van der Waals surface area contributed by atoms with Crippen LogP contribution in [0.15, 0.2) is 30.5 Å². The van der Waals surface area contributed by atoms with E-state index in [-0.39, 0.29) is 30.7 Å². The average molecular weight is 397 g/mol. The number of hydrogen-bond acceptors (Lipinski definition) is 3. The molecule has 0 spiro atoms. The molecule has 7 heteroatoms. The first kappa shape index (κ1) is 20.7. The van der Waals surface area contributed by atoms with Gasteiger partial charge in [0.05, 0.1) is 5.54 Å². The number of halogens is 2. The summed E-state index contributed by atoms with van der Waals surface area (Å²) in [5, 5.41) is 2.97. The number of fused-ring (bicyclic) bond motifs is 1. The standard InChI is InChI=1S/C19H24N4O.2ClH/c20-19(10-2-3-11-19)18(24)22-15-8-6-14(7-9-15)17-21-13-16-5-1-4-12-23(16)17;;/h6-9,13H,1-5,10-12,20H2,(H,22,24);2*1H. The van der Waals surface area contributed by atoms with Gasteiger partial charge in [0, 0.05) is 29.7 Å². The molecule has 0 radical (unpaired) electrons. The van der Waals surface area contributed by atoms with Gasteiger partial charge >= 0.3 is 0 Å². The molecule has 0 bridgehead atoms. The SMILES string of the molecule is Cl.Cl.NC1(C(=O)Nc2ccc(-c3ncc4n3CCCC4)cc2)CCCC1. The number of benzene rings is 1. The van der Waals surface area contributed by atoms with E-state index in [9.17, 15) is 4.79 Å². The van der Waals surface area contributed by atoms with Crippen molar-refractivity contribution in [1.82, 2.24) is 9.55 Å². The Labute approximate surface area is 166 Å². The van der Waals surface area contributed by atoms with Crippen molar-refractivity contribution < 1.29 is 4.79 Å². The molecule has 1 aromatic heterocycles. The van der Waals surface area contributed by atoms with E-state index in [2.05, 4.69) is 14.9 Å². The minimum absolute atomic E-state index is 0. The second kappa shape index (κ2) is 8.42. The van der Waals surface area contributed by atoms with E-state index in [1.807, 2.05) is 30.5 Å². The third kappa shape index (κ3) is 3.90. The molecule has 2 heterocycles. The molecule has 3 N–H and O–H groups in total. The maximum atomic E-state index is 12.4. The lowest BCUT2D eigenvalue weighted by molar-refractivity contribution is -0.121. The zero-order valence-electron chi connectivity index (χ0n) is 14.7. The lowest BCUT2D eigenvalue weighted by atomic mass is 9.98. The van der Waals surface area contributed by atoms with Gasteiger partial charge in [0.2, 0.25) is 5.91 Å². The zero-order valence-corrected chi connectivity index (χ0v) is 16.4. The molecule has 1 fully saturated rings. The highest BCUT2D eigenvalue weighted by atomic mass is 35.5. The fraction of sp³-hybridized carbons (Fsp3) is 0.474. The molecule has 0 unspecified atom stereocenters. The molecule has 1 aromatic carbocycles. The second-order valence-corrected chi connectivity index (χ2v) is 7.08. The summed E-state index contributed by atoms with van der Waals surface area (Å²) in [4.78, 5) is 17.0. The summed E-state index contributed by atoms with van der Waals surface area (Å²) in [6.45, 7) is 1.04. The fourth-order valence-corrected chi connectivity index (χ4v) is 3.86. The highest BCUT2D eigenvalue weighted by molar-refractivity contribution is 5.98. The van der Waals surface area contributed by atoms with Crippen LogP contribution in [0.1, 0.15) is 44.2 Å². The highest BCUT2D eigenvalue weighted by Gasteiger charge is 2.36. The van der Waals surface area contributed by atoms with E-state index >= 15 is 0 Å². The number of amides is 1. The number of aryl methyl sites for hydroxylation is 1. The first-order valence-electron chi connectivity index (χ1n) is 8.91. The predicted octanol–water partition coefficient (Wildman–Crippen LogP) is 3.94. The van der Waals surface area contributed by atoms with Crippen molar-refractivity contribution in [3.63, 3.8) is 0 Å². The van der Waals surface area contributed by atoms with Crippen LogP contribution < -0.4 is 11.1 Å². The van der Waals surface area contributed by atoms with Gasteiger partial charge in [-0.05, 0) is 56.4 Å². The largest absolute Gasteiger partial charge is 0.328 e. The maximum Gasteiger partial charge on any atom is 0.244 e. The van der Waals surface area contributed by atoms with Crippen LogP contribution in [-0.2, 0) is 17.8 Å². The number of carbonyl (C=O) groups excluding carboxylic acids is 1. The van der Waals surface area contributed by atoms with E-state index in [1.54, 1.807) is 0 Å². The molecule has 2 aliphatic rings. The summed E-state index contributed by atoms with van der Waals surface area (Å²) >= 11 is 0. The van der Waals surface area contributed by atoms with Crippen molar-refractivity contribution in [2.75, 3.05) is 5.32 Å². The third-order valence-corrected chi connectivity index (χ3v) is 5.35. The van der Waals surface area contributed by atoms with Gasteiger partial charge < -0.3 is 15.6 Å². The molecule has 0 atom stereocenters. The van der Waals surface area contributed by atoms with Gasteiger partial charge in [0.15, 0.2) is 0 Å². The minimum Gasteiger partial charge on any atom is -0.328 e. The van der Waals surface area contributed by atoms with E-state index in [4.69, 9.17) is 5.73 Å². The van der Waals surface area contributed by atoms with Crippen LogP contribution in [0.4, 0.5) is 5.69 Å². The normalized spacial score (nSPS) is 17.6. The summed E-state index contributed by atoms with van der Waals surface area (Å²) in [6, 6.07) is 7.93. The van der Waals surface area contributed by atoms with E-state index in [0.717, 1.165) is 55.7 Å². The zero-order chi connectivity index (χ0) is 16.6. The lowest BCUT2D eigenvalue weighted by Gasteiger charge is -2.22. The van der Waals surface area contributed by atoms with Crippen LogP contribution in [0, 0.1) is 0 Å². The number of anilines is 1. The number of aromatic nitrogens is 2. The molecule has 1 amide bonds. The predicted molar refractivity (Wildman–Crippen MR) is 109 cm³/mol. The number of rotatable bonds is 3. The number of hydrogen-bond donors (Lipinski definition) is 2. The number of carbonyl (C=O) groups is 1. The summed E-state index contributed by atoms with van der Waals surface area (Å²) in [6.07, 6.45) is 9.18. The molecule has 5 nitrogen and oxygen atoms in total. The fourth-order valence-electron chi connectivity index (χ4n) is 3.86. The molecule has 4 rings (SSSR count). The van der Waals surface area contributed by atoms with Gasteiger partial charge in [-0.1, -0.05) is 12.8 Å². The number of nitrogens with zero attached hydrogens (tertiary/aromatic N) is 2. The molecule has 1 aliphatic heterocycles. The van der Waals surface area contributed by atoms with Crippen LogP contribution >= 0.6 is 24.8 Å². The molecule has 142 valence electrons. The first-order valence-corrected chi connectivity index (χ1v) is 8.91. The Morgan fingerprint density at radius 1 is 1.08 bits per heavy atom. The Bertz CT molecular complexity index is 751. The summed E-state index contributed by atoms with van der Waals surface area (Å²) in [7, 11) is 0. The first-order chi connectivity index (χ1) is 11.7. The second-order valence-electron chi connectivity index (χ2n) is 7.08. The molecule has 0 saturated heterocycles. The number of nitrogens with one attached hydrogen (secondary N) is 1. The van der Waals surface area contributed by atoms with E-state index < -0.39 is 5.54 Å². The maximum absolute atomic E-state index is 12.4. The third-order valence-electron chi connectivity index (χ3n) is 5.35. The number of imidazole rings is 1. The molecular formula is C19H26Cl2N4O. The Kier molecular flexibility index (Phi) is 6.72. The Balaban J connectivity index is 0.00000121. The smallest absolute Gasteiger partial charge is 0.244 e. The monoisotopic (exact) mass is 396 g/mol. The highest BCUT2D eigenvalue weighted by Crippen LogP contribution is 2.29. The van der Waals surface area contributed by atoms with Crippen molar-refractivity contribution >= 4 is 36.4 Å². The van der Waals surface area contributed by atoms with Crippen LogP contribution in [0.25, 0.3) is 11.4 Å². The Morgan fingerprint density at radius 3 is 2.46 bits per heavy atom. The van der Waals surface area contributed by atoms with Crippen molar-refractivity contribution in [3.05, 3.63) is 36.2 Å². The van der Waals surface area contributed by atoms with Crippen molar-refractivity contribution in [1.29, 1.82) is 0 Å². The molecule has 2 aromatic rings. The van der Waals surface area contributed by atoms with Crippen LogP contribution in [0.3, 0.4) is 0 Å². The van der Waals surface area contributed by atoms with Crippen LogP contribution in [-0.4, -0.2) is 21.0 Å². The minimum atomic E-state index is -0.694. The van der Waals surface area contributed by atoms with Gasteiger partial charge in [0.25, 0.3) is 0 Å². The van der Waals surface area contributed by atoms with Crippen LogP contribution in [0.2, 0.25) is 0 Å². The van der Waals surface area contributed by atoms with Gasteiger partial charge in [-0.3, -0.25) is 4.79 Å². The van der Waals surface area contributed by atoms with Gasteiger partial charge in [-0.25, -0.2) is 4.98 Å². The Morgan fingerprint density at radius 2 is 1.77 bits per heavy atom. The molecular weight excluding hydrogens is 371 g/mol. The Hall–Kier alpha value is -1.56. The molecule has 1 saturated carbocycles. The summed E-state index contributed by atoms with van der Waals surface area (Å²) in [5.41, 5.74) is 8.72. The van der Waals surface area contributed by atoms with Gasteiger partial charge in [0.1, 0.15) is 5.82 Å². The van der Waals surface area contributed by atoms with Gasteiger partial charge in [-0.2, -0.15) is 0 Å². The van der Waals surface area contributed by atoms with Gasteiger partial charge in [-0.15, -0.1) is 24.8 Å². The number of nitrogens with two attached hydrogens (primary N) is 1. The quantitative estimate of drug-likeness (QED) is 0.824. The topological polar surface area (TPSA) is 72.9 Å². The van der Waals surface area contributed by atoms with E-state index in [0.29, 0.717) is 0 Å².